The molecule has 5 rings (SSSR count). The van der Waals surface area contributed by atoms with Gasteiger partial charge in [-0.25, -0.2) is 4.39 Å². The lowest BCUT2D eigenvalue weighted by molar-refractivity contribution is -0.204. The molecule has 2 aromatic rings. The summed E-state index contributed by atoms with van der Waals surface area (Å²) in [5, 5.41) is 23.5. The van der Waals surface area contributed by atoms with Crippen molar-refractivity contribution in [2.75, 3.05) is 6.67 Å². The van der Waals surface area contributed by atoms with Crippen LogP contribution in [0.5, 0.6) is 0 Å². The zero-order valence-electron chi connectivity index (χ0n) is 19.4. The van der Waals surface area contributed by atoms with Crippen molar-refractivity contribution < 1.29 is 32.6 Å². The first-order chi connectivity index (χ1) is 17.5. The van der Waals surface area contributed by atoms with Gasteiger partial charge in [0, 0.05) is 22.4 Å². The summed E-state index contributed by atoms with van der Waals surface area (Å²) in [5.41, 5.74) is 1.72. The number of rotatable bonds is 2. The van der Waals surface area contributed by atoms with Crippen molar-refractivity contribution in [3.05, 3.63) is 88.2 Å². The van der Waals surface area contributed by atoms with Gasteiger partial charge >= 0.3 is 6.18 Å². The van der Waals surface area contributed by atoms with Gasteiger partial charge in [-0.3, -0.25) is 9.80 Å². The predicted octanol–water partition coefficient (Wildman–Crippen LogP) is 4.43. The Morgan fingerprint density at radius 3 is 2.65 bits per heavy atom. The van der Waals surface area contributed by atoms with E-state index in [1.165, 1.54) is 46.2 Å². The average molecular weight is 532 g/mol. The SMILES string of the molecule is C#Cc1cccc2c1[C@H](N1CN([C@H](C)C(F)(F)F)C(=O)C3=C(O)C(O)C=CN31)c1cccc(F)c1SC2. The van der Waals surface area contributed by atoms with Crippen molar-refractivity contribution in [2.24, 2.45) is 0 Å². The lowest BCUT2D eigenvalue weighted by Crippen LogP contribution is -2.62. The van der Waals surface area contributed by atoms with Gasteiger partial charge in [0.15, 0.2) is 11.5 Å². The minimum Gasteiger partial charge on any atom is -0.507 e. The number of carbonyl (C=O) groups is 1. The molecule has 11 heteroatoms. The Bertz CT molecular complexity index is 1380. The number of fused-ring (bicyclic) bond motifs is 3. The molecule has 0 bridgehead atoms. The van der Waals surface area contributed by atoms with Crippen LogP contribution < -0.4 is 0 Å². The maximum absolute atomic E-state index is 15.1. The van der Waals surface area contributed by atoms with Gasteiger partial charge in [-0.2, -0.15) is 18.2 Å². The Morgan fingerprint density at radius 1 is 1.22 bits per heavy atom. The standard InChI is InChI=1S/C26H21F4N3O3S/c1-3-15-6-4-7-16-12-37-24-17(8-5-9-18(24)27)21(20(15)16)33-13-31(14(2)26(28,29)30)25(36)22-23(35)19(34)10-11-32(22)33/h1,4-11,14,19,21,34-35H,12-13H2,2H3/t14-,19?,21-/m1/s1. The molecule has 1 fully saturated rings. The molecule has 192 valence electrons. The number of halogens is 4. The van der Waals surface area contributed by atoms with Crippen LogP contribution in [0.2, 0.25) is 0 Å². The fourth-order valence-corrected chi connectivity index (χ4v) is 5.91. The first-order valence-electron chi connectivity index (χ1n) is 11.3. The van der Waals surface area contributed by atoms with E-state index in [9.17, 15) is 28.2 Å². The Hall–Kier alpha value is -3.46. The summed E-state index contributed by atoms with van der Waals surface area (Å²) in [6.45, 7) is 0.288. The smallest absolute Gasteiger partial charge is 0.408 e. The molecule has 37 heavy (non-hydrogen) atoms. The highest BCUT2D eigenvalue weighted by Gasteiger charge is 2.50. The van der Waals surface area contributed by atoms with Crippen molar-refractivity contribution >= 4 is 17.7 Å². The number of aliphatic hydroxyl groups excluding tert-OH is 2. The largest absolute Gasteiger partial charge is 0.507 e. The zero-order chi connectivity index (χ0) is 26.6. The number of amides is 1. The zero-order valence-corrected chi connectivity index (χ0v) is 20.2. The molecule has 3 atom stereocenters. The van der Waals surface area contributed by atoms with Crippen molar-refractivity contribution in [1.82, 2.24) is 14.9 Å². The first kappa shape index (κ1) is 25.2. The third-order valence-electron chi connectivity index (χ3n) is 6.73. The van der Waals surface area contributed by atoms with E-state index in [1.807, 2.05) is 6.07 Å². The number of carbonyl (C=O) groups excluding carboxylic acids is 1. The van der Waals surface area contributed by atoms with Crippen LogP contribution in [-0.4, -0.2) is 56.0 Å². The van der Waals surface area contributed by atoms with Crippen molar-refractivity contribution in [3.8, 4) is 12.3 Å². The molecule has 0 aromatic heterocycles. The van der Waals surface area contributed by atoms with Gasteiger partial charge in [-0.1, -0.05) is 30.2 Å². The maximum atomic E-state index is 15.1. The van der Waals surface area contributed by atoms with E-state index in [1.54, 1.807) is 18.2 Å². The van der Waals surface area contributed by atoms with Crippen LogP contribution in [0, 0.1) is 18.2 Å². The highest BCUT2D eigenvalue weighted by atomic mass is 32.2. The molecule has 1 amide bonds. The van der Waals surface area contributed by atoms with E-state index in [0.29, 0.717) is 32.2 Å². The quantitative estimate of drug-likeness (QED) is 0.442. The van der Waals surface area contributed by atoms with E-state index in [0.717, 1.165) is 12.5 Å². The van der Waals surface area contributed by atoms with Crippen molar-refractivity contribution in [3.63, 3.8) is 0 Å². The molecule has 0 spiro atoms. The highest BCUT2D eigenvalue weighted by molar-refractivity contribution is 7.98. The van der Waals surface area contributed by atoms with Crippen LogP contribution in [0.15, 0.2) is 65.0 Å². The molecule has 3 aliphatic rings. The minimum atomic E-state index is -4.77. The third-order valence-corrected chi connectivity index (χ3v) is 7.90. The molecule has 0 aliphatic carbocycles. The third kappa shape index (κ3) is 4.05. The molecular weight excluding hydrogens is 510 g/mol. The summed E-state index contributed by atoms with van der Waals surface area (Å²) in [7, 11) is 0. The summed E-state index contributed by atoms with van der Waals surface area (Å²) in [6, 6.07) is 6.57. The molecule has 0 radical (unpaired) electrons. The molecule has 3 heterocycles. The molecule has 0 saturated carbocycles. The van der Waals surface area contributed by atoms with Gasteiger partial charge in [0.25, 0.3) is 5.91 Å². The second-order valence-electron chi connectivity index (χ2n) is 8.81. The van der Waals surface area contributed by atoms with Crippen LogP contribution >= 0.6 is 11.8 Å². The molecule has 2 N–H and O–H groups in total. The van der Waals surface area contributed by atoms with Crippen LogP contribution in [0.3, 0.4) is 0 Å². The monoisotopic (exact) mass is 531 g/mol. The van der Waals surface area contributed by atoms with E-state index in [-0.39, 0.29) is 0 Å². The van der Waals surface area contributed by atoms with E-state index >= 15 is 4.39 Å². The number of alkyl halides is 3. The maximum Gasteiger partial charge on any atom is 0.408 e. The lowest BCUT2D eigenvalue weighted by Gasteiger charge is -2.50. The van der Waals surface area contributed by atoms with Gasteiger partial charge in [-0.15, -0.1) is 18.2 Å². The number of benzene rings is 2. The Morgan fingerprint density at radius 2 is 1.95 bits per heavy atom. The van der Waals surface area contributed by atoms with E-state index in [2.05, 4.69) is 5.92 Å². The fourth-order valence-electron chi connectivity index (χ4n) is 4.81. The van der Waals surface area contributed by atoms with Gasteiger partial charge in [0.05, 0.1) is 12.7 Å². The van der Waals surface area contributed by atoms with Crippen LogP contribution in [0.1, 0.15) is 35.2 Å². The summed E-state index contributed by atoms with van der Waals surface area (Å²) in [6.07, 6.45) is 1.98. The number of aliphatic hydroxyl groups is 2. The van der Waals surface area contributed by atoms with Gasteiger partial charge in [-0.05, 0) is 41.8 Å². The second kappa shape index (κ2) is 9.13. The first-order valence-corrected chi connectivity index (χ1v) is 12.3. The highest BCUT2D eigenvalue weighted by Crippen LogP contribution is 2.47. The van der Waals surface area contributed by atoms with Gasteiger partial charge < -0.3 is 15.1 Å². The molecule has 2 aromatic carbocycles. The molecule has 1 saturated heterocycles. The molecule has 3 aliphatic heterocycles. The predicted molar refractivity (Wildman–Crippen MR) is 128 cm³/mol. The Balaban J connectivity index is 1.78. The van der Waals surface area contributed by atoms with E-state index in [4.69, 9.17) is 6.42 Å². The van der Waals surface area contributed by atoms with Crippen molar-refractivity contribution in [1.29, 1.82) is 0 Å². The number of hydrogen-bond acceptors (Lipinski definition) is 6. The van der Waals surface area contributed by atoms with Gasteiger partial charge in [0.1, 0.15) is 18.0 Å². The Kier molecular flexibility index (Phi) is 6.22. The summed E-state index contributed by atoms with van der Waals surface area (Å²) in [5.74, 6) is 0.588. The Labute approximate surface area is 214 Å². The summed E-state index contributed by atoms with van der Waals surface area (Å²) >= 11 is 1.24. The van der Waals surface area contributed by atoms with Crippen molar-refractivity contribution in [2.45, 2.75) is 41.9 Å². The molecular formula is C26H21F4N3O3S. The van der Waals surface area contributed by atoms with Crippen LogP contribution in [0.4, 0.5) is 17.6 Å². The topological polar surface area (TPSA) is 67.2 Å². The number of thioether (sulfide) groups is 1. The lowest BCUT2D eigenvalue weighted by atomic mass is 9.90. The summed E-state index contributed by atoms with van der Waals surface area (Å²) in [4.78, 5) is 14.1. The normalized spacial score (nSPS) is 22.7. The number of hydrogen-bond donors (Lipinski definition) is 2. The van der Waals surface area contributed by atoms with Crippen LogP contribution in [0.25, 0.3) is 0 Å². The number of hydrazine groups is 1. The summed E-state index contributed by atoms with van der Waals surface area (Å²) < 4.78 is 56.6. The van der Waals surface area contributed by atoms with E-state index < -0.39 is 54.2 Å². The van der Waals surface area contributed by atoms with Crippen LogP contribution in [-0.2, 0) is 10.5 Å². The molecule has 1 unspecified atom stereocenters. The molecule has 6 nitrogen and oxygen atoms in total. The fraction of sp³-hybridized carbons (Fsp3) is 0.269. The van der Waals surface area contributed by atoms with Gasteiger partial charge in [0.2, 0.25) is 0 Å². The number of nitrogens with zero attached hydrogens (tertiary/aromatic N) is 3. The number of terminal acetylenes is 1. The second-order valence-corrected chi connectivity index (χ2v) is 9.80. The average Bonchev–Trinajstić information content (AvgIpc) is 3.03. The minimum absolute atomic E-state index is 0.301.